The highest BCUT2D eigenvalue weighted by Gasteiger charge is 2.33. The molecule has 0 radical (unpaired) electrons. The number of oxazole rings is 1. The Labute approximate surface area is 168 Å². The van der Waals surface area contributed by atoms with Crippen molar-refractivity contribution in [1.29, 1.82) is 0 Å². The van der Waals surface area contributed by atoms with Gasteiger partial charge in [0, 0.05) is 19.2 Å². The molecule has 1 aliphatic rings. The van der Waals surface area contributed by atoms with Gasteiger partial charge in [-0.25, -0.2) is 14.4 Å². The minimum atomic E-state index is -0.269. The maximum absolute atomic E-state index is 13.2. The van der Waals surface area contributed by atoms with Crippen molar-refractivity contribution in [3.63, 3.8) is 0 Å². The minimum absolute atomic E-state index is 0.141. The standard InChI is InChI=1S/C22H22FN3O3/c1-28-20-18(5-4-11-24-20)22(27)26-12-3-2-6-19(26)21-25-14-17(29-21)13-15-7-9-16(23)10-8-15/h4-5,7-11,14,19H,2-3,6,12-13H2,1H3/t19-/m0/s1. The van der Waals surface area contributed by atoms with E-state index in [2.05, 4.69) is 9.97 Å². The summed E-state index contributed by atoms with van der Waals surface area (Å²) in [5, 5.41) is 0. The molecular formula is C22H22FN3O3. The third kappa shape index (κ3) is 4.13. The number of likely N-dealkylation sites (tertiary alicyclic amines) is 1. The molecule has 2 aromatic heterocycles. The summed E-state index contributed by atoms with van der Waals surface area (Å²) in [7, 11) is 1.50. The molecule has 4 rings (SSSR count). The quantitative estimate of drug-likeness (QED) is 0.648. The lowest BCUT2D eigenvalue weighted by Gasteiger charge is -2.34. The average molecular weight is 395 g/mol. The van der Waals surface area contributed by atoms with E-state index in [0.717, 1.165) is 24.8 Å². The number of methoxy groups -OCH3 is 1. The molecule has 3 heterocycles. The highest BCUT2D eigenvalue weighted by atomic mass is 19.1. The second kappa shape index (κ2) is 8.43. The molecule has 0 aliphatic carbocycles. The van der Waals surface area contributed by atoms with E-state index in [4.69, 9.17) is 9.15 Å². The number of hydrogen-bond acceptors (Lipinski definition) is 5. The molecule has 1 atom stereocenters. The zero-order valence-corrected chi connectivity index (χ0v) is 16.2. The fourth-order valence-electron chi connectivity index (χ4n) is 3.66. The summed E-state index contributed by atoms with van der Waals surface area (Å²) in [6.45, 7) is 0.622. The predicted molar refractivity (Wildman–Crippen MR) is 104 cm³/mol. The number of amides is 1. The molecule has 6 nitrogen and oxygen atoms in total. The molecule has 29 heavy (non-hydrogen) atoms. The molecule has 150 valence electrons. The van der Waals surface area contributed by atoms with Gasteiger partial charge in [-0.05, 0) is 49.1 Å². The molecule has 1 fully saturated rings. The first-order chi connectivity index (χ1) is 14.2. The van der Waals surface area contributed by atoms with Gasteiger partial charge in [-0.2, -0.15) is 0 Å². The van der Waals surface area contributed by atoms with Gasteiger partial charge < -0.3 is 14.1 Å². The molecule has 0 unspecified atom stereocenters. The Morgan fingerprint density at radius 1 is 1.24 bits per heavy atom. The Morgan fingerprint density at radius 2 is 2.07 bits per heavy atom. The summed E-state index contributed by atoms with van der Waals surface area (Å²) < 4.78 is 24.3. The third-order valence-corrected chi connectivity index (χ3v) is 5.11. The summed E-state index contributed by atoms with van der Waals surface area (Å²) in [5.74, 6) is 1.11. The van der Waals surface area contributed by atoms with Crippen LogP contribution in [0.15, 0.2) is 53.2 Å². The highest BCUT2D eigenvalue weighted by molar-refractivity contribution is 5.96. The summed E-state index contributed by atoms with van der Waals surface area (Å²) in [6.07, 6.45) is 6.50. The van der Waals surface area contributed by atoms with Crippen LogP contribution in [0.1, 0.15) is 52.9 Å². The zero-order valence-electron chi connectivity index (χ0n) is 16.2. The number of nitrogens with zero attached hydrogens (tertiary/aromatic N) is 3. The number of rotatable bonds is 5. The number of benzene rings is 1. The first kappa shape index (κ1) is 19.1. The van der Waals surface area contributed by atoms with Gasteiger partial charge in [0.2, 0.25) is 11.8 Å². The number of pyridine rings is 1. The Kier molecular flexibility index (Phi) is 5.55. The Hall–Kier alpha value is -3.22. The maximum Gasteiger partial charge on any atom is 0.260 e. The fourth-order valence-corrected chi connectivity index (χ4v) is 3.66. The van der Waals surface area contributed by atoms with Crippen molar-refractivity contribution in [2.24, 2.45) is 0 Å². The van der Waals surface area contributed by atoms with E-state index in [1.54, 1.807) is 41.6 Å². The van der Waals surface area contributed by atoms with Crippen LogP contribution < -0.4 is 4.74 Å². The van der Waals surface area contributed by atoms with Crippen molar-refractivity contribution >= 4 is 5.91 Å². The third-order valence-electron chi connectivity index (χ3n) is 5.11. The summed E-state index contributed by atoms with van der Waals surface area (Å²) in [4.78, 5) is 23.6. The van der Waals surface area contributed by atoms with Gasteiger partial charge in [0.1, 0.15) is 23.2 Å². The van der Waals surface area contributed by atoms with Crippen LogP contribution in [0.2, 0.25) is 0 Å². The van der Waals surface area contributed by atoms with E-state index in [1.807, 2.05) is 0 Å². The molecule has 0 saturated carbocycles. The van der Waals surface area contributed by atoms with Crippen molar-refractivity contribution in [1.82, 2.24) is 14.9 Å². The molecule has 1 saturated heterocycles. The normalized spacial score (nSPS) is 16.6. The summed E-state index contributed by atoms with van der Waals surface area (Å²) >= 11 is 0. The molecule has 1 amide bonds. The van der Waals surface area contributed by atoms with E-state index < -0.39 is 0 Å². The number of ether oxygens (including phenoxy) is 1. The van der Waals surface area contributed by atoms with Crippen LogP contribution in [0.25, 0.3) is 0 Å². The van der Waals surface area contributed by atoms with Crippen molar-refractivity contribution in [3.05, 3.63) is 77.4 Å². The van der Waals surface area contributed by atoms with Gasteiger partial charge in [-0.15, -0.1) is 0 Å². The van der Waals surface area contributed by atoms with Gasteiger partial charge in [0.05, 0.1) is 13.3 Å². The van der Waals surface area contributed by atoms with Crippen LogP contribution in [0.5, 0.6) is 5.88 Å². The number of carbonyl (C=O) groups is 1. The zero-order chi connectivity index (χ0) is 20.2. The van der Waals surface area contributed by atoms with E-state index in [0.29, 0.717) is 36.1 Å². The topological polar surface area (TPSA) is 68.5 Å². The van der Waals surface area contributed by atoms with Gasteiger partial charge in [0.25, 0.3) is 5.91 Å². The van der Waals surface area contributed by atoms with Crippen molar-refractivity contribution in [2.75, 3.05) is 13.7 Å². The lowest BCUT2D eigenvalue weighted by atomic mass is 10.0. The average Bonchev–Trinajstić information content (AvgIpc) is 3.23. The first-order valence-electron chi connectivity index (χ1n) is 9.64. The van der Waals surface area contributed by atoms with Crippen molar-refractivity contribution in [3.8, 4) is 5.88 Å². The number of aromatic nitrogens is 2. The molecule has 7 heteroatoms. The minimum Gasteiger partial charge on any atom is -0.480 e. The number of carbonyl (C=O) groups excluding carboxylic acids is 1. The van der Waals surface area contributed by atoms with Crippen LogP contribution in [-0.4, -0.2) is 34.4 Å². The van der Waals surface area contributed by atoms with Crippen LogP contribution in [0, 0.1) is 5.82 Å². The predicted octanol–water partition coefficient (Wildman–Crippen LogP) is 4.18. The SMILES string of the molecule is COc1ncccc1C(=O)N1CCCC[C@H]1c1ncc(Cc2ccc(F)cc2)o1. The van der Waals surface area contributed by atoms with Crippen molar-refractivity contribution in [2.45, 2.75) is 31.7 Å². The van der Waals surface area contributed by atoms with Gasteiger partial charge in [0.15, 0.2) is 0 Å². The molecular weight excluding hydrogens is 373 g/mol. The monoisotopic (exact) mass is 395 g/mol. The Morgan fingerprint density at radius 3 is 2.86 bits per heavy atom. The number of hydrogen-bond donors (Lipinski definition) is 0. The lowest BCUT2D eigenvalue weighted by molar-refractivity contribution is 0.0566. The van der Waals surface area contributed by atoms with Crippen LogP contribution >= 0.6 is 0 Å². The Bertz CT molecular complexity index is 987. The molecule has 0 N–H and O–H groups in total. The van der Waals surface area contributed by atoms with Crippen molar-refractivity contribution < 1.29 is 18.3 Å². The second-order valence-electron chi connectivity index (χ2n) is 7.04. The van der Waals surface area contributed by atoms with Gasteiger partial charge in [-0.3, -0.25) is 4.79 Å². The van der Waals surface area contributed by atoms with Gasteiger partial charge in [-0.1, -0.05) is 12.1 Å². The summed E-state index contributed by atoms with van der Waals surface area (Å²) in [5.41, 5.74) is 1.37. The second-order valence-corrected chi connectivity index (χ2v) is 7.04. The highest BCUT2D eigenvalue weighted by Crippen LogP contribution is 2.33. The molecule has 1 aromatic carbocycles. The fraction of sp³-hybridized carbons (Fsp3) is 0.318. The first-order valence-corrected chi connectivity index (χ1v) is 9.64. The molecule has 3 aromatic rings. The lowest BCUT2D eigenvalue weighted by Crippen LogP contribution is -2.38. The number of piperidine rings is 1. The van der Waals surface area contributed by atoms with E-state index in [1.165, 1.54) is 19.2 Å². The summed E-state index contributed by atoms with van der Waals surface area (Å²) in [6, 6.07) is 9.51. The van der Waals surface area contributed by atoms with E-state index in [-0.39, 0.29) is 17.8 Å². The molecule has 0 spiro atoms. The molecule has 1 aliphatic heterocycles. The van der Waals surface area contributed by atoms with E-state index >= 15 is 0 Å². The number of halogens is 1. The Balaban J connectivity index is 1.55. The molecule has 0 bridgehead atoms. The van der Waals surface area contributed by atoms with Crippen LogP contribution in [0.4, 0.5) is 4.39 Å². The smallest absolute Gasteiger partial charge is 0.260 e. The maximum atomic E-state index is 13.2. The van der Waals surface area contributed by atoms with E-state index in [9.17, 15) is 9.18 Å². The van der Waals surface area contributed by atoms with Gasteiger partial charge >= 0.3 is 0 Å². The van der Waals surface area contributed by atoms with Crippen LogP contribution in [-0.2, 0) is 6.42 Å². The largest absolute Gasteiger partial charge is 0.480 e. The van der Waals surface area contributed by atoms with Crippen LogP contribution in [0.3, 0.4) is 0 Å².